The lowest BCUT2D eigenvalue weighted by Crippen LogP contribution is -2.32. The highest BCUT2D eigenvalue weighted by molar-refractivity contribution is 9.10. The molecule has 0 saturated carbocycles. The first-order valence-electron chi connectivity index (χ1n) is 7.44. The molecule has 0 bridgehead atoms. The number of hydrogen-bond acceptors (Lipinski definition) is 2. The second-order valence-corrected chi connectivity index (χ2v) is 6.13. The van der Waals surface area contributed by atoms with E-state index >= 15 is 0 Å². The zero-order valence-corrected chi connectivity index (χ0v) is 14.5. The number of benzene rings is 2. The van der Waals surface area contributed by atoms with E-state index < -0.39 is 0 Å². The van der Waals surface area contributed by atoms with E-state index in [2.05, 4.69) is 26.6 Å². The molecule has 0 saturated heterocycles. The third-order valence-corrected chi connectivity index (χ3v) is 3.95. The van der Waals surface area contributed by atoms with Crippen LogP contribution < -0.4 is 10.6 Å². The van der Waals surface area contributed by atoms with Crippen molar-refractivity contribution in [3.63, 3.8) is 0 Å². The average molecular weight is 375 g/mol. The molecule has 2 amide bonds. The van der Waals surface area contributed by atoms with Crippen molar-refractivity contribution in [2.24, 2.45) is 0 Å². The summed E-state index contributed by atoms with van der Waals surface area (Å²) < 4.78 is 0.920. The summed E-state index contributed by atoms with van der Waals surface area (Å²) >= 11 is 3.32. The Labute approximate surface area is 144 Å². The molecule has 0 aromatic heterocycles. The zero-order chi connectivity index (χ0) is 16.7. The van der Waals surface area contributed by atoms with Gasteiger partial charge in [-0.15, -0.1) is 0 Å². The summed E-state index contributed by atoms with van der Waals surface area (Å²) in [5.74, 6) is -0.265. The van der Waals surface area contributed by atoms with Crippen LogP contribution in [0.15, 0.2) is 59.1 Å². The normalized spacial score (nSPS) is 11.6. The maximum atomic E-state index is 11.9. The molecule has 0 aliphatic carbocycles. The van der Waals surface area contributed by atoms with Gasteiger partial charge in [0.2, 0.25) is 5.91 Å². The van der Waals surface area contributed by atoms with Gasteiger partial charge in [-0.2, -0.15) is 0 Å². The number of carbonyl (C=O) groups is 2. The minimum atomic E-state index is -0.179. The Bertz CT molecular complexity index is 656. The van der Waals surface area contributed by atoms with Gasteiger partial charge in [-0.25, -0.2) is 0 Å². The van der Waals surface area contributed by atoms with Gasteiger partial charge in [0, 0.05) is 23.0 Å². The summed E-state index contributed by atoms with van der Waals surface area (Å²) in [6.07, 6.45) is 0.249. The standard InChI is InChI=1S/C18H19BrN2O2/c1-13(14-5-3-2-4-6-14)21-17(22)11-12-20-18(23)15-7-9-16(19)10-8-15/h2-10,13H,11-12H2,1H3,(H,20,23)(H,21,22). The average Bonchev–Trinajstić information content (AvgIpc) is 2.56. The van der Waals surface area contributed by atoms with Crippen LogP contribution >= 0.6 is 15.9 Å². The largest absolute Gasteiger partial charge is 0.352 e. The van der Waals surface area contributed by atoms with Crippen molar-refractivity contribution >= 4 is 27.7 Å². The minimum absolute atomic E-state index is 0.0501. The SMILES string of the molecule is CC(NC(=O)CCNC(=O)c1ccc(Br)cc1)c1ccccc1. The molecule has 0 aliphatic heterocycles. The molecule has 5 heteroatoms. The number of halogens is 1. The summed E-state index contributed by atoms with van der Waals surface area (Å²) in [4.78, 5) is 23.8. The van der Waals surface area contributed by atoms with Crippen LogP contribution in [0.2, 0.25) is 0 Å². The van der Waals surface area contributed by atoms with Gasteiger partial charge in [-0.05, 0) is 36.8 Å². The predicted octanol–water partition coefficient (Wildman–Crippen LogP) is 3.45. The van der Waals surface area contributed by atoms with E-state index in [1.807, 2.05) is 49.4 Å². The number of nitrogens with one attached hydrogen (secondary N) is 2. The van der Waals surface area contributed by atoms with Crippen molar-refractivity contribution in [1.82, 2.24) is 10.6 Å². The molecule has 2 aromatic carbocycles. The Morgan fingerprint density at radius 3 is 2.35 bits per heavy atom. The highest BCUT2D eigenvalue weighted by Gasteiger charge is 2.10. The van der Waals surface area contributed by atoms with Crippen LogP contribution in [-0.2, 0) is 4.79 Å². The molecule has 0 spiro atoms. The van der Waals surface area contributed by atoms with Gasteiger partial charge in [0.15, 0.2) is 0 Å². The van der Waals surface area contributed by atoms with Crippen molar-refractivity contribution < 1.29 is 9.59 Å². The third kappa shape index (κ3) is 5.53. The lowest BCUT2D eigenvalue weighted by Gasteiger charge is -2.14. The molecule has 4 nitrogen and oxygen atoms in total. The number of hydrogen-bond donors (Lipinski definition) is 2. The molecule has 0 radical (unpaired) electrons. The van der Waals surface area contributed by atoms with E-state index in [1.54, 1.807) is 12.1 Å². The molecule has 0 fully saturated rings. The molecule has 120 valence electrons. The molecule has 2 N–H and O–H groups in total. The highest BCUT2D eigenvalue weighted by Crippen LogP contribution is 2.11. The van der Waals surface area contributed by atoms with Gasteiger partial charge in [-0.1, -0.05) is 46.3 Å². The summed E-state index contributed by atoms with van der Waals surface area (Å²) in [7, 11) is 0. The van der Waals surface area contributed by atoms with Gasteiger partial charge in [0.05, 0.1) is 6.04 Å². The Morgan fingerprint density at radius 1 is 1.04 bits per heavy atom. The fourth-order valence-electron chi connectivity index (χ4n) is 2.13. The van der Waals surface area contributed by atoms with E-state index in [9.17, 15) is 9.59 Å². The monoisotopic (exact) mass is 374 g/mol. The molecule has 1 atom stereocenters. The molecule has 0 heterocycles. The Balaban J connectivity index is 1.74. The third-order valence-electron chi connectivity index (χ3n) is 3.42. The first-order valence-corrected chi connectivity index (χ1v) is 8.23. The smallest absolute Gasteiger partial charge is 0.251 e. The van der Waals surface area contributed by atoms with Crippen LogP contribution in [-0.4, -0.2) is 18.4 Å². The summed E-state index contributed by atoms with van der Waals surface area (Å²) in [6, 6.07) is 16.8. The fraction of sp³-hybridized carbons (Fsp3) is 0.222. The minimum Gasteiger partial charge on any atom is -0.352 e. The Kier molecular flexibility index (Phi) is 6.35. The topological polar surface area (TPSA) is 58.2 Å². The summed E-state index contributed by atoms with van der Waals surface area (Å²) in [6.45, 7) is 2.25. The van der Waals surface area contributed by atoms with E-state index in [4.69, 9.17) is 0 Å². The number of carbonyl (C=O) groups excluding carboxylic acids is 2. The van der Waals surface area contributed by atoms with Crippen LogP contribution in [0.1, 0.15) is 35.3 Å². The number of rotatable bonds is 6. The van der Waals surface area contributed by atoms with Crippen molar-refractivity contribution in [3.05, 3.63) is 70.2 Å². The molecule has 2 aromatic rings. The number of amides is 2. The Morgan fingerprint density at radius 2 is 1.70 bits per heavy atom. The van der Waals surface area contributed by atoms with E-state index in [-0.39, 0.29) is 24.3 Å². The molecule has 23 heavy (non-hydrogen) atoms. The van der Waals surface area contributed by atoms with Crippen LogP contribution in [0, 0.1) is 0 Å². The zero-order valence-electron chi connectivity index (χ0n) is 12.9. The maximum absolute atomic E-state index is 11.9. The van der Waals surface area contributed by atoms with Gasteiger partial charge in [0.25, 0.3) is 5.91 Å². The van der Waals surface area contributed by atoms with E-state index in [0.717, 1.165) is 10.0 Å². The van der Waals surface area contributed by atoms with Gasteiger partial charge < -0.3 is 10.6 Å². The molecular formula is C18H19BrN2O2. The first kappa shape index (κ1) is 17.2. The van der Waals surface area contributed by atoms with E-state index in [1.165, 1.54) is 0 Å². The lowest BCUT2D eigenvalue weighted by molar-refractivity contribution is -0.121. The summed E-state index contributed by atoms with van der Waals surface area (Å²) in [5.41, 5.74) is 1.63. The fourth-order valence-corrected chi connectivity index (χ4v) is 2.40. The van der Waals surface area contributed by atoms with Crippen LogP contribution in [0.4, 0.5) is 0 Å². The molecule has 1 unspecified atom stereocenters. The first-order chi connectivity index (χ1) is 11.1. The van der Waals surface area contributed by atoms with Crippen LogP contribution in [0.5, 0.6) is 0 Å². The Hall–Kier alpha value is -2.14. The second kappa shape index (κ2) is 8.48. The van der Waals surface area contributed by atoms with Crippen molar-refractivity contribution in [3.8, 4) is 0 Å². The van der Waals surface area contributed by atoms with Crippen LogP contribution in [0.25, 0.3) is 0 Å². The van der Waals surface area contributed by atoms with Crippen molar-refractivity contribution in [2.45, 2.75) is 19.4 Å². The van der Waals surface area contributed by atoms with Gasteiger partial charge >= 0.3 is 0 Å². The molecule has 0 aliphatic rings. The van der Waals surface area contributed by atoms with Gasteiger partial charge in [0.1, 0.15) is 0 Å². The highest BCUT2D eigenvalue weighted by atomic mass is 79.9. The van der Waals surface area contributed by atoms with Crippen LogP contribution in [0.3, 0.4) is 0 Å². The van der Waals surface area contributed by atoms with Crippen molar-refractivity contribution in [1.29, 1.82) is 0 Å². The van der Waals surface area contributed by atoms with E-state index in [0.29, 0.717) is 12.1 Å². The maximum Gasteiger partial charge on any atom is 0.251 e. The van der Waals surface area contributed by atoms with Crippen molar-refractivity contribution in [2.75, 3.05) is 6.54 Å². The predicted molar refractivity (Wildman–Crippen MR) is 94.1 cm³/mol. The second-order valence-electron chi connectivity index (χ2n) is 5.21. The lowest BCUT2D eigenvalue weighted by atomic mass is 10.1. The molecule has 2 rings (SSSR count). The molecular weight excluding hydrogens is 356 g/mol. The summed E-state index contributed by atoms with van der Waals surface area (Å²) in [5, 5.41) is 5.67. The van der Waals surface area contributed by atoms with Gasteiger partial charge in [-0.3, -0.25) is 9.59 Å². The quantitative estimate of drug-likeness (QED) is 0.813.